The van der Waals surface area contributed by atoms with Gasteiger partial charge in [0.25, 0.3) is 0 Å². The summed E-state index contributed by atoms with van der Waals surface area (Å²) in [6, 6.07) is 2.06. The highest BCUT2D eigenvalue weighted by atomic mass is 32.1. The van der Waals surface area contributed by atoms with Crippen LogP contribution in [0.2, 0.25) is 0 Å². The Morgan fingerprint density at radius 2 is 1.91 bits per heavy atom. The molecule has 1 unspecified atom stereocenters. The largest absolute Gasteiger partial charge is 0.467 e. The molecule has 0 spiro atoms. The zero-order valence-corrected chi connectivity index (χ0v) is 15.1. The van der Waals surface area contributed by atoms with Crippen LogP contribution in [-0.2, 0) is 18.8 Å². The van der Waals surface area contributed by atoms with Gasteiger partial charge >= 0.3 is 13.1 Å². The van der Waals surface area contributed by atoms with Gasteiger partial charge in [-0.25, -0.2) is 0 Å². The number of carbonyl (C=O) groups is 1. The van der Waals surface area contributed by atoms with Crippen molar-refractivity contribution in [3.8, 4) is 0 Å². The van der Waals surface area contributed by atoms with Crippen molar-refractivity contribution < 1.29 is 18.8 Å². The van der Waals surface area contributed by atoms with Gasteiger partial charge in [0.05, 0.1) is 24.2 Å². The van der Waals surface area contributed by atoms with E-state index in [1.54, 1.807) is 11.3 Å². The summed E-state index contributed by atoms with van der Waals surface area (Å²) in [5.41, 5.74) is 0.347. The van der Waals surface area contributed by atoms with E-state index in [1.165, 1.54) is 0 Å². The molecule has 122 valence electrons. The molecule has 1 aliphatic rings. The highest BCUT2D eigenvalue weighted by molar-refractivity contribution is 7.10. The predicted molar refractivity (Wildman–Crippen MR) is 89.1 cm³/mol. The predicted octanol–water partition coefficient (Wildman–Crippen LogP) is 3.72. The van der Waals surface area contributed by atoms with Crippen molar-refractivity contribution in [3.05, 3.63) is 21.9 Å². The van der Waals surface area contributed by atoms with E-state index in [9.17, 15) is 4.79 Å². The molecule has 0 N–H and O–H groups in total. The van der Waals surface area contributed by atoms with E-state index in [0.717, 1.165) is 10.4 Å². The fourth-order valence-electron chi connectivity index (χ4n) is 2.53. The maximum absolute atomic E-state index is 12.0. The first-order valence-electron chi connectivity index (χ1n) is 7.73. The number of aryl methyl sites for hydroxylation is 1. The average molecular weight is 324 g/mol. The number of rotatable bonds is 5. The second-order valence-corrected chi connectivity index (χ2v) is 7.66. The minimum atomic E-state index is -0.438. The van der Waals surface area contributed by atoms with Crippen molar-refractivity contribution in [2.45, 2.75) is 65.0 Å². The number of hydrogen-bond acceptors (Lipinski definition) is 5. The van der Waals surface area contributed by atoms with Gasteiger partial charge in [-0.05, 0) is 58.6 Å². The van der Waals surface area contributed by atoms with Crippen molar-refractivity contribution in [2.75, 3.05) is 6.61 Å². The lowest BCUT2D eigenvalue weighted by atomic mass is 9.68. The molecular formula is C16H25BO4S. The molecule has 1 saturated heterocycles. The third-order valence-corrected chi connectivity index (χ3v) is 5.68. The SMILES string of the molecule is CCOC(=O)CC(B1OC(C)(C)C(C)(C)O1)c1sccc1C. The van der Waals surface area contributed by atoms with E-state index in [-0.39, 0.29) is 18.2 Å². The van der Waals surface area contributed by atoms with E-state index >= 15 is 0 Å². The smallest absolute Gasteiger partial charge is 0.466 e. The van der Waals surface area contributed by atoms with Gasteiger partial charge in [-0.2, -0.15) is 0 Å². The molecule has 0 aromatic carbocycles. The lowest BCUT2D eigenvalue weighted by Crippen LogP contribution is -2.41. The van der Waals surface area contributed by atoms with Crippen LogP contribution in [0, 0.1) is 6.92 Å². The lowest BCUT2D eigenvalue weighted by Gasteiger charge is -2.32. The average Bonchev–Trinajstić information content (AvgIpc) is 2.89. The van der Waals surface area contributed by atoms with Crippen molar-refractivity contribution in [2.24, 2.45) is 0 Å². The summed E-state index contributed by atoms with van der Waals surface area (Å²) in [7, 11) is -0.438. The molecule has 1 aromatic rings. The Labute approximate surface area is 137 Å². The van der Waals surface area contributed by atoms with E-state index < -0.39 is 18.3 Å². The molecule has 1 aromatic heterocycles. The summed E-state index contributed by atoms with van der Waals surface area (Å²) in [4.78, 5) is 13.1. The molecule has 1 fully saturated rings. The number of hydrogen-bond donors (Lipinski definition) is 0. The highest BCUT2D eigenvalue weighted by Gasteiger charge is 2.54. The topological polar surface area (TPSA) is 44.8 Å². The molecule has 0 aliphatic carbocycles. The van der Waals surface area contributed by atoms with E-state index in [0.29, 0.717) is 6.61 Å². The summed E-state index contributed by atoms with van der Waals surface area (Å²) in [5, 5.41) is 2.04. The van der Waals surface area contributed by atoms with E-state index in [1.807, 2.05) is 40.0 Å². The summed E-state index contributed by atoms with van der Waals surface area (Å²) >= 11 is 1.64. The molecule has 4 nitrogen and oxygen atoms in total. The van der Waals surface area contributed by atoms with Crippen LogP contribution in [0.4, 0.5) is 0 Å². The Kier molecular flexibility index (Phi) is 5.04. The maximum atomic E-state index is 12.0. The normalized spacial score (nSPS) is 20.9. The van der Waals surface area contributed by atoms with Crippen molar-refractivity contribution >= 4 is 24.4 Å². The Morgan fingerprint density at radius 3 is 2.36 bits per heavy atom. The Morgan fingerprint density at radius 1 is 1.32 bits per heavy atom. The zero-order chi connectivity index (χ0) is 16.5. The number of carbonyl (C=O) groups excluding carboxylic acids is 1. The van der Waals surface area contributed by atoms with Gasteiger partial charge in [-0.1, -0.05) is 0 Å². The Hall–Kier alpha value is -0.845. The summed E-state index contributed by atoms with van der Waals surface area (Å²) in [5.74, 6) is -0.352. The number of thiophene rings is 1. The molecule has 0 bridgehead atoms. The Bertz CT molecular complexity index is 522. The van der Waals surface area contributed by atoms with Gasteiger partial charge in [-0.3, -0.25) is 4.79 Å². The van der Waals surface area contributed by atoms with Gasteiger partial charge in [0.15, 0.2) is 0 Å². The second-order valence-electron chi connectivity index (χ2n) is 6.71. The molecular weight excluding hydrogens is 299 g/mol. The van der Waals surface area contributed by atoms with Crippen LogP contribution >= 0.6 is 11.3 Å². The first-order valence-corrected chi connectivity index (χ1v) is 8.61. The van der Waals surface area contributed by atoms with E-state index in [2.05, 4.69) is 13.0 Å². The minimum absolute atomic E-state index is 0.139. The first kappa shape index (κ1) is 17.5. The second kappa shape index (κ2) is 6.34. The standard InChI is InChI=1S/C16H25BO4S/c1-7-19-13(18)10-12(14-11(2)8-9-22-14)17-20-15(3,4)16(5,6)21-17/h8-9,12H,7,10H2,1-6H3. The fraction of sp³-hybridized carbons (Fsp3) is 0.688. The van der Waals surface area contributed by atoms with Crippen molar-refractivity contribution in [1.29, 1.82) is 0 Å². The summed E-state index contributed by atoms with van der Waals surface area (Å²) in [6.45, 7) is 12.3. The first-order chi connectivity index (χ1) is 10.2. The van der Waals surface area contributed by atoms with E-state index in [4.69, 9.17) is 14.0 Å². The molecule has 0 radical (unpaired) electrons. The van der Waals surface area contributed by atoms with Crippen LogP contribution in [0.25, 0.3) is 0 Å². The highest BCUT2D eigenvalue weighted by Crippen LogP contribution is 2.43. The van der Waals surface area contributed by atoms with Crippen LogP contribution in [0.3, 0.4) is 0 Å². The molecule has 6 heteroatoms. The quantitative estimate of drug-likeness (QED) is 0.612. The zero-order valence-electron chi connectivity index (χ0n) is 14.3. The van der Waals surface area contributed by atoms with Gasteiger partial charge in [0.1, 0.15) is 0 Å². The lowest BCUT2D eigenvalue weighted by molar-refractivity contribution is -0.143. The van der Waals surface area contributed by atoms with Crippen molar-refractivity contribution in [3.63, 3.8) is 0 Å². The molecule has 0 saturated carbocycles. The maximum Gasteiger partial charge on any atom is 0.467 e. The third-order valence-electron chi connectivity index (χ3n) is 4.53. The number of ether oxygens (including phenoxy) is 1. The monoisotopic (exact) mass is 324 g/mol. The van der Waals surface area contributed by atoms with Crippen molar-refractivity contribution in [1.82, 2.24) is 0 Å². The molecule has 1 atom stereocenters. The Balaban J connectivity index is 2.26. The number of esters is 1. The summed E-state index contributed by atoms with van der Waals surface area (Å²) < 4.78 is 17.4. The molecule has 1 aliphatic heterocycles. The molecule has 2 heterocycles. The molecule has 22 heavy (non-hydrogen) atoms. The van der Waals surface area contributed by atoms with Gasteiger partial charge in [0, 0.05) is 10.7 Å². The fourth-order valence-corrected chi connectivity index (χ4v) is 3.57. The summed E-state index contributed by atoms with van der Waals surface area (Å²) in [6.07, 6.45) is 0.270. The minimum Gasteiger partial charge on any atom is -0.466 e. The van der Waals surface area contributed by atoms with Crippen LogP contribution in [0.1, 0.15) is 57.3 Å². The third kappa shape index (κ3) is 3.39. The van der Waals surface area contributed by atoms with Crippen LogP contribution in [0.5, 0.6) is 0 Å². The molecule has 0 amide bonds. The van der Waals surface area contributed by atoms with Crippen LogP contribution in [-0.4, -0.2) is 30.9 Å². The van der Waals surface area contributed by atoms with Crippen LogP contribution < -0.4 is 0 Å². The van der Waals surface area contributed by atoms with Gasteiger partial charge in [0.2, 0.25) is 0 Å². The van der Waals surface area contributed by atoms with Gasteiger partial charge < -0.3 is 14.0 Å². The molecule has 2 rings (SSSR count). The van der Waals surface area contributed by atoms with Crippen LogP contribution in [0.15, 0.2) is 11.4 Å². The van der Waals surface area contributed by atoms with Gasteiger partial charge in [-0.15, -0.1) is 11.3 Å².